The van der Waals surface area contributed by atoms with Crippen molar-refractivity contribution in [1.82, 2.24) is 15.1 Å². The van der Waals surface area contributed by atoms with Crippen LogP contribution in [0.15, 0.2) is 48.5 Å². The van der Waals surface area contributed by atoms with Crippen LogP contribution in [0.3, 0.4) is 0 Å². The lowest BCUT2D eigenvalue weighted by atomic mass is 9.92. The van der Waals surface area contributed by atoms with E-state index in [4.69, 9.17) is 9.47 Å². The maximum absolute atomic E-state index is 13.3. The quantitative estimate of drug-likeness (QED) is 0.689. The first kappa shape index (κ1) is 21.2. The molecule has 3 amide bonds. The number of imide groups is 1. The van der Waals surface area contributed by atoms with Crippen LogP contribution in [0.1, 0.15) is 43.9 Å². The fraction of sp³-hybridized carbons (Fsp3) is 0.417. The van der Waals surface area contributed by atoms with E-state index >= 15 is 0 Å². The van der Waals surface area contributed by atoms with E-state index in [1.807, 2.05) is 37.3 Å². The van der Waals surface area contributed by atoms with Gasteiger partial charge < -0.3 is 14.8 Å². The van der Waals surface area contributed by atoms with Crippen LogP contribution in [0.2, 0.25) is 0 Å². The molecule has 2 aromatic rings. The molecule has 2 aromatic carbocycles. The minimum absolute atomic E-state index is 0.167. The molecule has 164 valence electrons. The Morgan fingerprint density at radius 3 is 2.61 bits per heavy atom. The summed E-state index contributed by atoms with van der Waals surface area (Å²) in [6.07, 6.45) is 2.01. The maximum Gasteiger partial charge on any atom is 0.326 e. The molecule has 2 fully saturated rings. The number of carbonyl (C=O) groups excluding carboxylic acids is 2. The Morgan fingerprint density at radius 1 is 1.13 bits per heavy atom. The number of ether oxygens (including phenoxy) is 2. The van der Waals surface area contributed by atoms with Crippen LogP contribution >= 0.6 is 0 Å². The number of amides is 3. The molecule has 31 heavy (non-hydrogen) atoms. The second-order valence-electron chi connectivity index (χ2n) is 8.13. The van der Waals surface area contributed by atoms with Gasteiger partial charge in [-0.1, -0.05) is 24.3 Å². The molecule has 7 nitrogen and oxygen atoms in total. The van der Waals surface area contributed by atoms with Gasteiger partial charge in [-0.05, 0) is 62.1 Å². The number of hydrogen-bond acceptors (Lipinski definition) is 5. The third kappa shape index (κ3) is 3.97. The van der Waals surface area contributed by atoms with Gasteiger partial charge in [0.1, 0.15) is 17.0 Å². The fourth-order valence-corrected chi connectivity index (χ4v) is 4.46. The van der Waals surface area contributed by atoms with E-state index in [9.17, 15) is 9.59 Å². The standard InChI is InChI=1S/C24H29N3O4/c1-4-31-19-12-10-17(11-13-19)21-9-6-14-26(21)16-27-22(28)24(2,25-23(27)29)18-7-5-8-20(15-18)30-3/h5,7-8,10-13,15,21H,4,6,9,14,16H2,1-3H3,(H,25,29)/t21-,24+/m0/s1. The lowest BCUT2D eigenvalue weighted by Gasteiger charge is -2.29. The lowest BCUT2D eigenvalue weighted by molar-refractivity contribution is -0.132. The molecule has 2 aliphatic rings. The second-order valence-corrected chi connectivity index (χ2v) is 8.13. The van der Waals surface area contributed by atoms with Crippen molar-refractivity contribution in [1.29, 1.82) is 0 Å². The summed E-state index contributed by atoms with van der Waals surface area (Å²) < 4.78 is 10.8. The van der Waals surface area contributed by atoms with Crippen LogP contribution in [0.4, 0.5) is 4.79 Å². The molecule has 0 aromatic heterocycles. The van der Waals surface area contributed by atoms with Crippen molar-refractivity contribution in [2.75, 3.05) is 26.9 Å². The monoisotopic (exact) mass is 423 g/mol. The Labute approximate surface area is 182 Å². The van der Waals surface area contributed by atoms with Crippen LogP contribution in [-0.4, -0.2) is 48.7 Å². The van der Waals surface area contributed by atoms with Crippen molar-refractivity contribution in [3.63, 3.8) is 0 Å². The van der Waals surface area contributed by atoms with Crippen LogP contribution in [0.5, 0.6) is 11.5 Å². The Bertz CT molecular complexity index is 962. The molecule has 0 bridgehead atoms. The van der Waals surface area contributed by atoms with Crippen molar-refractivity contribution in [2.45, 2.75) is 38.3 Å². The first-order chi connectivity index (χ1) is 15.0. The molecule has 4 rings (SSSR count). The molecule has 7 heteroatoms. The molecular formula is C24H29N3O4. The van der Waals surface area contributed by atoms with Gasteiger partial charge in [0.05, 0.1) is 20.4 Å². The zero-order chi connectivity index (χ0) is 22.0. The summed E-state index contributed by atoms with van der Waals surface area (Å²) in [7, 11) is 1.58. The summed E-state index contributed by atoms with van der Waals surface area (Å²) in [5.41, 5.74) is 0.765. The normalized spacial score (nSPS) is 23.8. The average Bonchev–Trinajstić information content (AvgIpc) is 3.33. The number of urea groups is 1. The number of rotatable bonds is 7. The van der Waals surface area contributed by atoms with Crippen LogP contribution < -0.4 is 14.8 Å². The van der Waals surface area contributed by atoms with Gasteiger partial charge >= 0.3 is 6.03 Å². The SMILES string of the molecule is CCOc1ccc([C@@H]2CCCN2CN2C(=O)N[C@](C)(c3cccc(OC)c3)C2=O)cc1. The summed E-state index contributed by atoms with van der Waals surface area (Å²) in [6, 6.07) is 15.2. The molecule has 2 aliphatic heterocycles. The largest absolute Gasteiger partial charge is 0.497 e. The predicted octanol–water partition coefficient (Wildman–Crippen LogP) is 3.66. The molecule has 0 unspecified atom stereocenters. The van der Waals surface area contributed by atoms with Crippen LogP contribution in [0.25, 0.3) is 0 Å². The van der Waals surface area contributed by atoms with E-state index < -0.39 is 5.54 Å². The molecule has 0 spiro atoms. The lowest BCUT2D eigenvalue weighted by Crippen LogP contribution is -2.43. The number of hydrogen-bond donors (Lipinski definition) is 1. The summed E-state index contributed by atoms with van der Waals surface area (Å²) in [5, 5.41) is 2.89. The molecule has 0 saturated carbocycles. The number of likely N-dealkylation sites (tertiary alicyclic amines) is 1. The Balaban J connectivity index is 1.51. The number of methoxy groups -OCH3 is 1. The summed E-state index contributed by atoms with van der Waals surface area (Å²) in [6.45, 7) is 5.44. The molecule has 0 aliphatic carbocycles. The first-order valence-electron chi connectivity index (χ1n) is 10.7. The Morgan fingerprint density at radius 2 is 1.90 bits per heavy atom. The van der Waals surface area contributed by atoms with Crippen LogP contribution in [0, 0.1) is 0 Å². The van der Waals surface area contributed by atoms with E-state index in [2.05, 4.69) is 22.3 Å². The van der Waals surface area contributed by atoms with Crippen molar-refractivity contribution >= 4 is 11.9 Å². The number of nitrogens with zero attached hydrogens (tertiary/aromatic N) is 2. The Kier molecular flexibility index (Phi) is 5.87. The van der Waals surface area contributed by atoms with Crippen LogP contribution in [-0.2, 0) is 10.3 Å². The molecule has 1 N–H and O–H groups in total. The van der Waals surface area contributed by atoms with E-state index in [0.29, 0.717) is 17.9 Å². The molecule has 2 saturated heterocycles. The van der Waals surface area contributed by atoms with E-state index in [-0.39, 0.29) is 24.6 Å². The zero-order valence-electron chi connectivity index (χ0n) is 18.3. The Hall–Kier alpha value is -3.06. The van der Waals surface area contributed by atoms with Crippen molar-refractivity contribution < 1.29 is 19.1 Å². The van der Waals surface area contributed by atoms with Gasteiger partial charge in [-0.2, -0.15) is 0 Å². The number of carbonyl (C=O) groups is 2. The minimum atomic E-state index is -1.11. The molecular weight excluding hydrogens is 394 g/mol. The topological polar surface area (TPSA) is 71.1 Å². The number of benzene rings is 2. The summed E-state index contributed by atoms with van der Waals surface area (Å²) in [5.74, 6) is 1.25. The van der Waals surface area contributed by atoms with Gasteiger partial charge in [-0.3, -0.25) is 9.69 Å². The van der Waals surface area contributed by atoms with Gasteiger partial charge in [0.15, 0.2) is 0 Å². The van der Waals surface area contributed by atoms with E-state index in [1.54, 1.807) is 20.1 Å². The van der Waals surface area contributed by atoms with Crippen molar-refractivity contribution in [3.05, 3.63) is 59.7 Å². The smallest absolute Gasteiger partial charge is 0.326 e. The van der Waals surface area contributed by atoms with E-state index in [0.717, 1.165) is 25.1 Å². The number of nitrogens with one attached hydrogen (secondary N) is 1. The van der Waals surface area contributed by atoms with Gasteiger partial charge in [0.25, 0.3) is 5.91 Å². The maximum atomic E-state index is 13.3. The summed E-state index contributed by atoms with van der Waals surface area (Å²) in [4.78, 5) is 29.7. The highest BCUT2D eigenvalue weighted by Gasteiger charge is 2.50. The summed E-state index contributed by atoms with van der Waals surface area (Å²) >= 11 is 0. The first-order valence-corrected chi connectivity index (χ1v) is 10.7. The van der Waals surface area contributed by atoms with Gasteiger partial charge in [-0.15, -0.1) is 0 Å². The second kappa shape index (κ2) is 8.59. The van der Waals surface area contributed by atoms with E-state index in [1.165, 1.54) is 10.5 Å². The van der Waals surface area contributed by atoms with Crippen molar-refractivity contribution in [2.24, 2.45) is 0 Å². The zero-order valence-corrected chi connectivity index (χ0v) is 18.3. The fourth-order valence-electron chi connectivity index (χ4n) is 4.46. The highest BCUT2D eigenvalue weighted by molar-refractivity contribution is 6.07. The van der Waals surface area contributed by atoms with Gasteiger partial charge in [0.2, 0.25) is 0 Å². The van der Waals surface area contributed by atoms with Gasteiger partial charge in [-0.25, -0.2) is 9.69 Å². The third-order valence-electron chi connectivity index (χ3n) is 6.18. The molecule has 2 atom stereocenters. The van der Waals surface area contributed by atoms with Crippen molar-refractivity contribution in [3.8, 4) is 11.5 Å². The highest BCUT2D eigenvalue weighted by Crippen LogP contribution is 2.35. The molecule has 0 radical (unpaired) electrons. The third-order valence-corrected chi connectivity index (χ3v) is 6.18. The van der Waals surface area contributed by atoms with Gasteiger partial charge in [0, 0.05) is 12.6 Å². The average molecular weight is 424 g/mol. The minimum Gasteiger partial charge on any atom is -0.497 e. The highest BCUT2D eigenvalue weighted by atomic mass is 16.5. The predicted molar refractivity (Wildman–Crippen MR) is 117 cm³/mol. The molecule has 2 heterocycles.